The van der Waals surface area contributed by atoms with Gasteiger partial charge in [0.2, 0.25) is 0 Å². The van der Waals surface area contributed by atoms with Crippen molar-refractivity contribution >= 4 is 40.0 Å². The van der Waals surface area contributed by atoms with E-state index in [2.05, 4.69) is 12.2 Å². The van der Waals surface area contributed by atoms with E-state index in [1.807, 2.05) is 72.4 Å². The van der Waals surface area contributed by atoms with Gasteiger partial charge in [-0.2, -0.15) is 0 Å². The number of anilines is 1. The standard InChI is InChI=1S/C24H25N3O2S/c1-2-30-22-13-18(14-29-22)21-12-17(24(28)27-19-6-4-3-5-7-19)10-15-8-9-16(23(25)26)11-20(15)21/h3-12,18,22H,2,13-14H2,1H3,(H3,25,26)(H,27,28). The third kappa shape index (κ3) is 4.35. The SMILES string of the molecule is CCSC1CC(c2cc(C(=O)Nc3ccccc3)cc3ccc(C(=N)N)cc23)CO1. The predicted octanol–water partition coefficient (Wildman–Crippen LogP) is 4.96. The van der Waals surface area contributed by atoms with Gasteiger partial charge in [0.15, 0.2) is 0 Å². The van der Waals surface area contributed by atoms with Gasteiger partial charge in [0.25, 0.3) is 5.91 Å². The number of carbonyl (C=O) groups is 1. The first-order chi connectivity index (χ1) is 14.5. The van der Waals surface area contributed by atoms with Crippen molar-refractivity contribution in [3.8, 4) is 0 Å². The highest BCUT2D eigenvalue weighted by molar-refractivity contribution is 7.99. The van der Waals surface area contributed by atoms with Gasteiger partial charge in [-0.05, 0) is 58.8 Å². The van der Waals surface area contributed by atoms with Crippen molar-refractivity contribution in [1.29, 1.82) is 5.41 Å². The number of nitrogen functional groups attached to an aromatic ring is 1. The fourth-order valence-corrected chi connectivity index (χ4v) is 4.77. The Morgan fingerprint density at radius 3 is 2.70 bits per heavy atom. The zero-order chi connectivity index (χ0) is 21.1. The normalized spacial score (nSPS) is 18.4. The van der Waals surface area contributed by atoms with Crippen molar-refractivity contribution in [1.82, 2.24) is 0 Å². The number of rotatable bonds is 6. The monoisotopic (exact) mass is 419 g/mol. The summed E-state index contributed by atoms with van der Waals surface area (Å²) in [6.07, 6.45) is 0.904. The van der Waals surface area contributed by atoms with E-state index < -0.39 is 0 Å². The number of benzene rings is 3. The van der Waals surface area contributed by atoms with Crippen LogP contribution >= 0.6 is 11.8 Å². The minimum absolute atomic E-state index is 0.0378. The van der Waals surface area contributed by atoms with Gasteiger partial charge in [0.1, 0.15) is 11.3 Å². The van der Waals surface area contributed by atoms with E-state index in [0.717, 1.165) is 34.2 Å². The minimum atomic E-state index is -0.140. The van der Waals surface area contributed by atoms with Crippen molar-refractivity contribution in [2.24, 2.45) is 5.73 Å². The number of amidine groups is 1. The van der Waals surface area contributed by atoms with Crippen LogP contribution in [-0.2, 0) is 4.74 Å². The highest BCUT2D eigenvalue weighted by atomic mass is 32.2. The molecular formula is C24H25N3O2S. The summed E-state index contributed by atoms with van der Waals surface area (Å²) < 4.78 is 5.98. The Hall–Kier alpha value is -2.83. The molecule has 0 bridgehead atoms. The third-order valence-corrected chi connectivity index (χ3v) is 6.38. The van der Waals surface area contributed by atoms with Gasteiger partial charge in [-0.15, -0.1) is 11.8 Å². The molecule has 0 aliphatic carbocycles. The first kappa shape index (κ1) is 20.4. The van der Waals surface area contributed by atoms with E-state index in [-0.39, 0.29) is 23.1 Å². The van der Waals surface area contributed by atoms with E-state index in [1.54, 1.807) is 0 Å². The number of hydrogen-bond acceptors (Lipinski definition) is 4. The van der Waals surface area contributed by atoms with E-state index in [0.29, 0.717) is 17.7 Å². The van der Waals surface area contributed by atoms with Gasteiger partial charge in [0, 0.05) is 22.7 Å². The highest BCUT2D eigenvalue weighted by Crippen LogP contribution is 2.38. The first-order valence-corrected chi connectivity index (χ1v) is 11.1. The van der Waals surface area contributed by atoms with E-state index in [1.165, 1.54) is 0 Å². The lowest BCUT2D eigenvalue weighted by molar-refractivity contribution is 0.102. The second-order valence-electron chi connectivity index (χ2n) is 7.39. The maximum absolute atomic E-state index is 13.0. The summed E-state index contributed by atoms with van der Waals surface area (Å²) in [4.78, 5) is 13.0. The number of hydrogen-bond donors (Lipinski definition) is 3. The molecule has 5 nitrogen and oxygen atoms in total. The molecule has 30 heavy (non-hydrogen) atoms. The van der Waals surface area contributed by atoms with Crippen LogP contribution in [0.2, 0.25) is 0 Å². The number of amides is 1. The van der Waals surface area contributed by atoms with Crippen LogP contribution in [0.3, 0.4) is 0 Å². The lowest BCUT2D eigenvalue weighted by Crippen LogP contribution is -2.14. The molecule has 1 aliphatic heterocycles. The summed E-state index contributed by atoms with van der Waals surface area (Å²) in [5, 5.41) is 12.8. The third-order valence-electron chi connectivity index (χ3n) is 5.34. The first-order valence-electron chi connectivity index (χ1n) is 10.1. The van der Waals surface area contributed by atoms with Crippen molar-refractivity contribution in [3.63, 3.8) is 0 Å². The maximum Gasteiger partial charge on any atom is 0.255 e. The second kappa shape index (κ2) is 8.90. The predicted molar refractivity (Wildman–Crippen MR) is 125 cm³/mol. The molecule has 0 radical (unpaired) electrons. The molecule has 4 rings (SSSR count). The van der Waals surface area contributed by atoms with Crippen LogP contribution < -0.4 is 11.1 Å². The average molecular weight is 420 g/mol. The van der Waals surface area contributed by atoms with Crippen LogP contribution in [-0.4, -0.2) is 29.5 Å². The Morgan fingerprint density at radius 1 is 1.17 bits per heavy atom. The van der Waals surface area contributed by atoms with Crippen molar-refractivity contribution < 1.29 is 9.53 Å². The maximum atomic E-state index is 13.0. The van der Waals surface area contributed by atoms with Gasteiger partial charge >= 0.3 is 0 Å². The molecule has 0 saturated carbocycles. The number of thioether (sulfide) groups is 1. The van der Waals surface area contributed by atoms with Gasteiger partial charge < -0.3 is 15.8 Å². The lowest BCUT2D eigenvalue weighted by Gasteiger charge is -2.16. The molecule has 1 aliphatic rings. The number of para-hydroxylation sites is 1. The number of fused-ring (bicyclic) bond motifs is 1. The minimum Gasteiger partial charge on any atom is -0.384 e. The zero-order valence-electron chi connectivity index (χ0n) is 16.9. The number of carbonyl (C=O) groups excluding carboxylic acids is 1. The molecule has 2 atom stereocenters. The molecule has 1 amide bonds. The molecule has 1 saturated heterocycles. The van der Waals surface area contributed by atoms with Crippen LogP contribution in [0.4, 0.5) is 5.69 Å². The topological polar surface area (TPSA) is 88.2 Å². The van der Waals surface area contributed by atoms with Gasteiger partial charge in [0.05, 0.1) is 6.61 Å². The van der Waals surface area contributed by atoms with Crippen LogP contribution in [0.15, 0.2) is 60.7 Å². The Morgan fingerprint density at radius 2 is 1.97 bits per heavy atom. The zero-order valence-corrected chi connectivity index (χ0v) is 17.7. The summed E-state index contributed by atoms with van der Waals surface area (Å²) in [7, 11) is 0. The molecule has 1 heterocycles. The number of nitrogens with one attached hydrogen (secondary N) is 2. The van der Waals surface area contributed by atoms with Crippen LogP contribution in [0.1, 0.15) is 40.7 Å². The highest BCUT2D eigenvalue weighted by Gasteiger charge is 2.28. The molecule has 154 valence electrons. The Labute approximate surface area is 180 Å². The number of nitrogens with two attached hydrogens (primary N) is 1. The fourth-order valence-electron chi connectivity index (χ4n) is 3.86. The van der Waals surface area contributed by atoms with Gasteiger partial charge in [-0.3, -0.25) is 10.2 Å². The van der Waals surface area contributed by atoms with Crippen LogP contribution in [0.25, 0.3) is 10.8 Å². The van der Waals surface area contributed by atoms with Crippen molar-refractivity contribution in [2.75, 3.05) is 17.7 Å². The van der Waals surface area contributed by atoms with Gasteiger partial charge in [-0.25, -0.2) is 0 Å². The van der Waals surface area contributed by atoms with Crippen molar-refractivity contribution in [3.05, 3.63) is 77.4 Å². The molecule has 0 spiro atoms. The molecule has 3 aromatic carbocycles. The summed E-state index contributed by atoms with van der Waals surface area (Å²) >= 11 is 1.81. The molecule has 2 unspecified atom stereocenters. The average Bonchev–Trinajstić information content (AvgIpc) is 3.22. The van der Waals surface area contributed by atoms with E-state index >= 15 is 0 Å². The molecule has 1 fully saturated rings. The van der Waals surface area contributed by atoms with Crippen LogP contribution in [0, 0.1) is 5.41 Å². The molecule has 4 N–H and O–H groups in total. The summed E-state index contributed by atoms with van der Waals surface area (Å²) in [5.41, 5.74) is 9.04. The van der Waals surface area contributed by atoms with Gasteiger partial charge in [-0.1, -0.05) is 37.3 Å². The fraction of sp³-hybridized carbons (Fsp3) is 0.250. The molecule has 6 heteroatoms. The molecular weight excluding hydrogens is 394 g/mol. The quantitative estimate of drug-likeness (QED) is 0.389. The Kier molecular flexibility index (Phi) is 6.06. The Bertz CT molecular complexity index is 1080. The second-order valence-corrected chi connectivity index (χ2v) is 8.82. The summed E-state index contributed by atoms with van der Waals surface area (Å²) in [6.45, 7) is 2.76. The summed E-state index contributed by atoms with van der Waals surface area (Å²) in [6, 6.07) is 19.0. The summed E-state index contributed by atoms with van der Waals surface area (Å²) in [5.74, 6) is 1.10. The Balaban J connectivity index is 1.74. The number of ether oxygens (including phenoxy) is 1. The van der Waals surface area contributed by atoms with E-state index in [4.69, 9.17) is 15.9 Å². The van der Waals surface area contributed by atoms with Crippen LogP contribution in [0.5, 0.6) is 0 Å². The van der Waals surface area contributed by atoms with Crippen molar-refractivity contribution in [2.45, 2.75) is 24.7 Å². The lowest BCUT2D eigenvalue weighted by atomic mass is 9.89. The largest absolute Gasteiger partial charge is 0.384 e. The smallest absolute Gasteiger partial charge is 0.255 e. The van der Waals surface area contributed by atoms with E-state index in [9.17, 15) is 4.79 Å². The molecule has 3 aromatic rings. The molecule has 0 aromatic heterocycles.